The number of pyridine rings is 2. The van der Waals surface area contributed by atoms with Gasteiger partial charge in [0.15, 0.2) is 5.82 Å². The number of fused-ring (bicyclic) bond motifs is 2. The van der Waals surface area contributed by atoms with Gasteiger partial charge in [-0.05, 0) is 68.7 Å². The van der Waals surface area contributed by atoms with Crippen molar-refractivity contribution in [3.63, 3.8) is 0 Å². The first-order chi connectivity index (χ1) is 13.5. The molecule has 2 N–H and O–H groups in total. The van der Waals surface area contributed by atoms with Crippen molar-refractivity contribution in [2.45, 2.75) is 57.0 Å². The third-order valence-electron chi connectivity index (χ3n) is 6.61. The molecule has 3 aliphatic rings. The summed E-state index contributed by atoms with van der Waals surface area (Å²) in [6, 6.07) is 2.16. The topological polar surface area (TPSA) is 74.0 Å². The van der Waals surface area contributed by atoms with Crippen LogP contribution >= 0.6 is 0 Å². The van der Waals surface area contributed by atoms with Crippen LogP contribution in [0.2, 0.25) is 0 Å². The van der Waals surface area contributed by atoms with E-state index >= 15 is 4.39 Å². The molecule has 7 heteroatoms. The van der Waals surface area contributed by atoms with E-state index in [1.165, 1.54) is 16.7 Å². The number of nitrogens with zero attached hydrogens (tertiary/aromatic N) is 2. The van der Waals surface area contributed by atoms with Crippen molar-refractivity contribution in [2.75, 3.05) is 18.0 Å². The minimum absolute atomic E-state index is 0.244. The lowest BCUT2D eigenvalue weighted by Crippen LogP contribution is -2.47. The maximum Gasteiger partial charge on any atom is 0.341 e. The summed E-state index contributed by atoms with van der Waals surface area (Å²) >= 11 is 0. The summed E-state index contributed by atoms with van der Waals surface area (Å²) in [6.07, 6.45) is 6.22. The zero-order valence-electron chi connectivity index (χ0n) is 15.9. The van der Waals surface area contributed by atoms with Crippen LogP contribution in [0.25, 0.3) is 5.52 Å². The van der Waals surface area contributed by atoms with E-state index in [1.54, 1.807) is 0 Å². The third kappa shape index (κ3) is 2.56. The molecule has 1 saturated carbocycles. The highest BCUT2D eigenvalue weighted by Crippen LogP contribution is 2.44. The van der Waals surface area contributed by atoms with Gasteiger partial charge in [-0.15, -0.1) is 0 Å². The summed E-state index contributed by atoms with van der Waals surface area (Å²) in [5, 5.41) is 13.0. The van der Waals surface area contributed by atoms with Crippen LogP contribution in [0.4, 0.5) is 10.1 Å². The molecule has 5 rings (SSSR count). The smallest absolute Gasteiger partial charge is 0.341 e. The molecule has 2 aliphatic heterocycles. The van der Waals surface area contributed by atoms with Gasteiger partial charge in [-0.25, -0.2) is 9.18 Å². The molecule has 0 bridgehead atoms. The number of anilines is 1. The molecule has 2 saturated heterocycles. The molecule has 2 atom stereocenters. The normalized spacial score (nSPS) is 24.6. The molecule has 2 aromatic rings. The number of aromatic carboxylic acids is 1. The number of carbonyl (C=O) groups is 1. The lowest BCUT2D eigenvalue weighted by Gasteiger charge is -2.35. The summed E-state index contributed by atoms with van der Waals surface area (Å²) in [5.41, 5.74) is 1.89. The van der Waals surface area contributed by atoms with Crippen LogP contribution in [0, 0.1) is 12.7 Å². The summed E-state index contributed by atoms with van der Waals surface area (Å²) in [7, 11) is 0. The van der Waals surface area contributed by atoms with Crippen LogP contribution in [-0.4, -0.2) is 40.6 Å². The molecular weight excluding hydrogens is 361 g/mol. The lowest BCUT2D eigenvalue weighted by atomic mass is 9.98. The van der Waals surface area contributed by atoms with Gasteiger partial charge in [-0.2, -0.15) is 0 Å². The Balaban J connectivity index is 1.74. The van der Waals surface area contributed by atoms with Gasteiger partial charge < -0.3 is 15.3 Å². The Morgan fingerprint density at radius 2 is 2.07 bits per heavy atom. The molecule has 0 spiro atoms. The van der Waals surface area contributed by atoms with Crippen molar-refractivity contribution in [3.8, 4) is 0 Å². The monoisotopic (exact) mass is 385 g/mol. The lowest BCUT2D eigenvalue weighted by molar-refractivity contribution is 0.0694. The van der Waals surface area contributed by atoms with E-state index in [0.29, 0.717) is 17.2 Å². The minimum atomic E-state index is -1.26. The SMILES string of the molecule is Cc1c(N2CC[C@H]3NCCC[C@H]32)c(F)cn2c(=O)c(C(=O)O)cc(C3CC3)c12. The molecule has 1 aliphatic carbocycles. The molecule has 28 heavy (non-hydrogen) atoms. The number of halogens is 1. The molecular formula is C21H24FN3O3. The minimum Gasteiger partial charge on any atom is -0.477 e. The maximum absolute atomic E-state index is 15.3. The first-order valence-corrected chi connectivity index (χ1v) is 10.1. The van der Waals surface area contributed by atoms with Crippen LogP contribution < -0.4 is 15.8 Å². The number of aryl methyl sites for hydroxylation is 1. The molecule has 148 valence electrons. The van der Waals surface area contributed by atoms with E-state index in [9.17, 15) is 14.7 Å². The van der Waals surface area contributed by atoms with E-state index in [-0.39, 0.29) is 17.5 Å². The van der Waals surface area contributed by atoms with Crippen molar-refractivity contribution >= 4 is 17.2 Å². The first-order valence-electron chi connectivity index (χ1n) is 10.1. The fraction of sp³-hybridized carbons (Fsp3) is 0.524. The van der Waals surface area contributed by atoms with E-state index in [1.807, 2.05) is 6.92 Å². The average molecular weight is 385 g/mol. The summed E-state index contributed by atoms with van der Waals surface area (Å²) < 4.78 is 16.5. The Morgan fingerprint density at radius 1 is 1.29 bits per heavy atom. The van der Waals surface area contributed by atoms with Crippen molar-refractivity contribution in [3.05, 3.63) is 45.1 Å². The van der Waals surface area contributed by atoms with E-state index < -0.39 is 17.3 Å². The molecule has 0 unspecified atom stereocenters. The van der Waals surface area contributed by atoms with Gasteiger partial charge in [0, 0.05) is 18.6 Å². The van der Waals surface area contributed by atoms with Gasteiger partial charge in [0.1, 0.15) is 5.56 Å². The molecule has 0 aromatic carbocycles. The summed E-state index contributed by atoms with van der Waals surface area (Å²) in [5.74, 6) is -1.48. The van der Waals surface area contributed by atoms with Gasteiger partial charge in [0.05, 0.1) is 17.4 Å². The van der Waals surface area contributed by atoms with Crippen molar-refractivity contribution in [2.24, 2.45) is 0 Å². The van der Waals surface area contributed by atoms with Crippen LogP contribution in [0.1, 0.15) is 59.5 Å². The molecule has 3 fully saturated rings. The van der Waals surface area contributed by atoms with Crippen molar-refractivity contribution < 1.29 is 14.3 Å². The second-order valence-corrected chi connectivity index (χ2v) is 8.32. The predicted molar refractivity (Wildman–Crippen MR) is 104 cm³/mol. The van der Waals surface area contributed by atoms with E-state index in [4.69, 9.17) is 0 Å². The Bertz CT molecular complexity index is 1040. The number of piperidine rings is 1. The number of hydrogen-bond acceptors (Lipinski definition) is 4. The fourth-order valence-corrected chi connectivity index (χ4v) is 5.18. The van der Waals surface area contributed by atoms with Crippen molar-refractivity contribution in [1.29, 1.82) is 0 Å². The fourth-order valence-electron chi connectivity index (χ4n) is 5.18. The molecule has 0 radical (unpaired) electrons. The highest BCUT2D eigenvalue weighted by molar-refractivity contribution is 5.89. The molecule has 6 nitrogen and oxygen atoms in total. The van der Waals surface area contributed by atoms with Crippen LogP contribution in [0.3, 0.4) is 0 Å². The summed E-state index contributed by atoms with van der Waals surface area (Å²) in [6.45, 7) is 3.66. The van der Waals surface area contributed by atoms with Gasteiger partial charge in [-0.3, -0.25) is 9.20 Å². The second kappa shape index (κ2) is 6.30. The maximum atomic E-state index is 15.3. The third-order valence-corrected chi connectivity index (χ3v) is 6.61. The van der Waals surface area contributed by atoms with Gasteiger partial charge >= 0.3 is 5.97 Å². The van der Waals surface area contributed by atoms with Gasteiger partial charge in [-0.1, -0.05) is 0 Å². The molecule has 2 aromatic heterocycles. The number of carboxylic acids is 1. The van der Waals surface area contributed by atoms with Gasteiger partial charge in [0.25, 0.3) is 5.56 Å². The van der Waals surface area contributed by atoms with Crippen molar-refractivity contribution in [1.82, 2.24) is 9.72 Å². The zero-order chi connectivity index (χ0) is 19.6. The highest BCUT2D eigenvalue weighted by atomic mass is 19.1. The molecule has 0 amide bonds. The quantitative estimate of drug-likeness (QED) is 0.850. The number of nitrogens with one attached hydrogen (secondary N) is 1. The highest BCUT2D eigenvalue weighted by Gasteiger charge is 2.38. The van der Waals surface area contributed by atoms with E-state index in [2.05, 4.69) is 10.2 Å². The number of hydrogen-bond donors (Lipinski definition) is 2. The standard InChI is InChI=1S/C21H24FN3O3/c1-11-18-13(12-4-5-12)9-14(21(27)28)20(26)25(18)10-15(22)19(11)24-8-6-16-17(24)3-2-7-23-16/h9-10,12,16-17,23H,2-8H2,1H3,(H,27,28)/t16-,17-/m1/s1. The van der Waals surface area contributed by atoms with Crippen LogP contribution in [-0.2, 0) is 0 Å². The largest absolute Gasteiger partial charge is 0.477 e. The van der Waals surface area contributed by atoms with E-state index in [0.717, 1.165) is 56.3 Å². The zero-order valence-corrected chi connectivity index (χ0v) is 15.9. The Labute approximate surface area is 162 Å². The number of rotatable bonds is 3. The Hall–Kier alpha value is -2.41. The van der Waals surface area contributed by atoms with Crippen LogP contribution in [0.15, 0.2) is 17.1 Å². The summed E-state index contributed by atoms with van der Waals surface area (Å²) in [4.78, 5) is 26.4. The first kappa shape index (κ1) is 17.7. The predicted octanol–water partition coefficient (Wildman–Crippen LogP) is 2.65. The van der Waals surface area contributed by atoms with Crippen LogP contribution in [0.5, 0.6) is 0 Å². The number of aromatic nitrogens is 1. The Kier molecular flexibility index (Phi) is 3.98. The average Bonchev–Trinajstić information content (AvgIpc) is 3.43. The molecule has 4 heterocycles. The Morgan fingerprint density at radius 3 is 2.79 bits per heavy atom. The van der Waals surface area contributed by atoms with Gasteiger partial charge in [0.2, 0.25) is 0 Å². The number of carboxylic acid groups (broad SMARTS) is 1. The second-order valence-electron chi connectivity index (χ2n) is 8.32.